The van der Waals surface area contributed by atoms with Crippen molar-refractivity contribution in [3.8, 4) is 5.75 Å². The third kappa shape index (κ3) is 5.04. The molecule has 0 unspecified atom stereocenters. The number of ether oxygens (including phenoxy) is 1. The van der Waals surface area contributed by atoms with Crippen LogP contribution >= 0.6 is 0 Å². The predicted octanol–water partition coefficient (Wildman–Crippen LogP) is 3.97. The molecule has 0 aliphatic heterocycles. The summed E-state index contributed by atoms with van der Waals surface area (Å²) in [6, 6.07) is 13.2. The summed E-state index contributed by atoms with van der Waals surface area (Å²) in [6.07, 6.45) is -1.08. The van der Waals surface area contributed by atoms with E-state index in [0.717, 1.165) is 5.56 Å². The van der Waals surface area contributed by atoms with Crippen molar-refractivity contribution in [2.45, 2.75) is 38.7 Å². The molecule has 2 aromatic rings. The largest absolute Gasteiger partial charge is 0.478 e. The molecule has 0 radical (unpaired) electrons. The Morgan fingerprint density at radius 3 is 2.36 bits per heavy atom. The van der Waals surface area contributed by atoms with Crippen molar-refractivity contribution in [2.24, 2.45) is 0 Å². The minimum Gasteiger partial charge on any atom is -0.478 e. The van der Waals surface area contributed by atoms with Crippen LogP contribution in [0.15, 0.2) is 48.5 Å². The van der Waals surface area contributed by atoms with E-state index >= 15 is 0 Å². The van der Waals surface area contributed by atoms with Gasteiger partial charge in [0, 0.05) is 18.6 Å². The molecule has 0 saturated heterocycles. The van der Waals surface area contributed by atoms with E-state index in [1.807, 2.05) is 12.1 Å². The molecule has 25 heavy (non-hydrogen) atoms. The molecule has 132 valence electrons. The smallest absolute Gasteiger partial charge is 0.345 e. The number of hydrogen-bond donors (Lipinski definition) is 1. The summed E-state index contributed by atoms with van der Waals surface area (Å²) in [5.74, 6) is -0.669. The molecule has 2 rings (SSSR count). The van der Waals surface area contributed by atoms with E-state index in [0.29, 0.717) is 11.3 Å². The van der Waals surface area contributed by atoms with Gasteiger partial charge in [-0.2, -0.15) is 0 Å². The van der Waals surface area contributed by atoms with Crippen LogP contribution in [-0.4, -0.2) is 22.1 Å². The number of carboxylic acids is 1. The fraction of sp³-hybridized carbons (Fsp3) is 0.316. The highest BCUT2D eigenvalue weighted by atomic mass is 16.6. The van der Waals surface area contributed by atoms with Gasteiger partial charge in [0.15, 0.2) is 6.10 Å². The molecule has 6 heteroatoms. The highest BCUT2D eigenvalue weighted by Crippen LogP contribution is 2.25. The highest BCUT2D eigenvalue weighted by Gasteiger charge is 2.21. The molecule has 0 aromatic heterocycles. The van der Waals surface area contributed by atoms with Crippen LogP contribution in [0.5, 0.6) is 5.75 Å². The van der Waals surface area contributed by atoms with Gasteiger partial charge in [-0.25, -0.2) is 4.79 Å². The minimum absolute atomic E-state index is 0.00625. The first-order valence-corrected chi connectivity index (χ1v) is 7.90. The van der Waals surface area contributed by atoms with Crippen LogP contribution in [0.2, 0.25) is 0 Å². The maximum atomic E-state index is 11.5. The number of nitro groups is 1. The zero-order chi connectivity index (χ0) is 18.6. The molecular formula is C19H21NO5. The van der Waals surface area contributed by atoms with Crippen molar-refractivity contribution < 1.29 is 19.6 Å². The number of non-ortho nitro benzene ring substituents is 1. The first kappa shape index (κ1) is 18.4. The van der Waals surface area contributed by atoms with Crippen LogP contribution in [-0.2, 0) is 16.6 Å². The number of nitrogens with zero attached hydrogens (tertiary/aromatic N) is 1. The number of carbonyl (C=O) groups is 1. The number of rotatable bonds is 6. The molecule has 1 atom stereocenters. The summed E-state index contributed by atoms with van der Waals surface area (Å²) in [7, 11) is 0. The van der Waals surface area contributed by atoms with Crippen molar-refractivity contribution in [3.05, 3.63) is 69.8 Å². The number of benzene rings is 2. The van der Waals surface area contributed by atoms with Crippen molar-refractivity contribution in [1.29, 1.82) is 0 Å². The van der Waals surface area contributed by atoms with E-state index in [-0.39, 0.29) is 17.5 Å². The molecule has 2 aromatic carbocycles. The standard InChI is InChI=1S/C19H21NO5/c1-19(2,3)14-7-9-16(10-8-14)25-17(18(21)22)12-13-5-4-6-15(11-13)20(23)24/h4-11,17H,12H2,1-3H3,(H,21,22)/t17-/m1/s1. The van der Waals surface area contributed by atoms with Crippen LogP contribution < -0.4 is 4.74 Å². The molecule has 0 bridgehead atoms. The molecular weight excluding hydrogens is 322 g/mol. The maximum Gasteiger partial charge on any atom is 0.345 e. The van der Waals surface area contributed by atoms with Gasteiger partial charge in [-0.3, -0.25) is 10.1 Å². The van der Waals surface area contributed by atoms with E-state index in [1.165, 1.54) is 18.2 Å². The van der Waals surface area contributed by atoms with E-state index in [4.69, 9.17) is 4.74 Å². The van der Waals surface area contributed by atoms with E-state index in [1.54, 1.807) is 18.2 Å². The maximum absolute atomic E-state index is 11.5. The van der Waals surface area contributed by atoms with Crippen molar-refractivity contribution >= 4 is 11.7 Å². The molecule has 0 aliphatic rings. The van der Waals surface area contributed by atoms with Crippen LogP contribution in [0, 0.1) is 10.1 Å². The molecule has 0 spiro atoms. The lowest BCUT2D eigenvalue weighted by atomic mass is 9.87. The first-order valence-electron chi connectivity index (χ1n) is 7.90. The minimum atomic E-state index is -1.12. The SMILES string of the molecule is CC(C)(C)c1ccc(O[C@H](Cc2cccc([N+](=O)[O-])c2)C(=O)O)cc1. The second-order valence-corrected chi connectivity index (χ2v) is 6.85. The zero-order valence-corrected chi connectivity index (χ0v) is 14.4. The molecule has 0 fully saturated rings. The zero-order valence-electron chi connectivity index (χ0n) is 14.4. The number of aliphatic carboxylic acids is 1. The van der Waals surface area contributed by atoms with Gasteiger partial charge >= 0.3 is 5.97 Å². The average molecular weight is 343 g/mol. The Balaban J connectivity index is 2.15. The second-order valence-electron chi connectivity index (χ2n) is 6.85. The molecule has 6 nitrogen and oxygen atoms in total. The summed E-state index contributed by atoms with van der Waals surface area (Å²) < 4.78 is 5.58. The number of hydrogen-bond acceptors (Lipinski definition) is 4. The van der Waals surface area contributed by atoms with Gasteiger partial charge in [-0.15, -0.1) is 0 Å². The van der Waals surface area contributed by atoms with Crippen LogP contribution in [0.4, 0.5) is 5.69 Å². The van der Waals surface area contributed by atoms with E-state index in [2.05, 4.69) is 20.8 Å². The Bertz CT molecular complexity index is 762. The summed E-state index contributed by atoms with van der Waals surface area (Å²) in [5.41, 5.74) is 1.57. The van der Waals surface area contributed by atoms with Gasteiger partial charge in [0.1, 0.15) is 5.75 Å². The molecule has 0 amide bonds. The Morgan fingerprint density at radius 1 is 1.20 bits per heavy atom. The van der Waals surface area contributed by atoms with E-state index in [9.17, 15) is 20.0 Å². The quantitative estimate of drug-likeness (QED) is 0.633. The fourth-order valence-corrected chi connectivity index (χ4v) is 2.39. The van der Waals surface area contributed by atoms with Crippen LogP contribution in [0.1, 0.15) is 31.9 Å². The third-order valence-electron chi connectivity index (χ3n) is 3.82. The Labute approximate surface area is 146 Å². The Hall–Kier alpha value is -2.89. The normalized spacial score (nSPS) is 12.4. The van der Waals surface area contributed by atoms with Gasteiger partial charge in [0.05, 0.1) is 4.92 Å². The molecule has 0 aliphatic carbocycles. The van der Waals surface area contributed by atoms with Crippen molar-refractivity contribution in [3.63, 3.8) is 0 Å². The van der Waals surface area contributed by atoms with Gasteiger partial charge < -0.3 is 9.84 Å². The van der Waals surface area contributed by atoms with Crippen LogP contribution in [0.3, 0.4) is 0 Å². The molecule has 0 heterocycles. The fourth-order valence-electron chi connectivity index (χ4n) is 2.39. The summed E-state index contributed by atoms with van der Waals surface area (Å²) >= 11 is 0. The summed E-state index contributed by atoms with van der Waals surface area (Å²) in [6.45, 7) is 6.27. The first-order chi connectivity index (χ1) is 11.7. The Morgan fingerprint density at radius 2 is 1.84 bits per heavy atom. The monoisotopic (exact) mass is 343 g/mol. The lowest BCUT2D eigenvalue weighted by Gasteiger charge is -2.20. The van der Waals surface area contributed by atoms with Crippen molar-refractivity contribution in [1.82, 2.24) is 0 Å². The molecule has 0 saturated carbocycles. The van der Waals surface area contributed by atoms with Gasteiger partial charge in [0.2, 0.25) is 0 Å². The lowest BCUT2D eigenvalue weighted by molar-refractivity contribution is -0.384. The highest BCUT2D eigenvalue weighted by molar-refractivity contribution is 5.73. The van der Waals surface area contributed by atoms with Gasteiger partial charge in [-0.1, -0.05) is 45.0 Å². The topological polar surface area (TPSA) is 89.7 Å². The van der Waals surface area contributed by atoms with Gasteiger partial charge in [0.25, 0.3) is 5.69 Å². The average Bonchev–Trinajstić information content (AvgIpc) is 2.54. The van der Waals surface area contributed by atoms with Gasteiger partial charge in [-0.05, 0) is 28.7 Å². The summed E-state index contributed by atoms with van der Waals surface area (Å²) in [4.78, 5) is 21.8. The lowest BCUT2D eigenvalue weighted by Crippen LogP contribution is -2.29. The third-order valence-corrected chi connectivity index (χ3v) is 3.82. The number of nitro benzene ring substituents is 1. The van der Waals surface area contributed by atoms with E-state index < -0.39 is 17.0 Å². The number of carboxylic acid groups (broad SMARTS) is 1. The van der Waals surface area contributed by atoms with Crippen LogP contribution in [0.25, 0.3) is 0 Å². The molecule has 1 N–H and O–H groups in total. The Kier molecular flexibility index (Phi) is 5.41. The van der Waals surface area contributed by atoms with Crippen molar-refractivity contribution in [2.75, 3.05) is 0 Å². The summed E-state index contributed by atoms with van der Waals surface area (Å²) in [5, 5.41) is 20.2. The predicted molar refractivity (Wildman–Crippen MR) is 94.0 cm³/mol. The second kappa shape index (κ2) is 7.34.